The monoisotopic (exact) mass is 336 g/mol. The molecular formula is C14H16N4O6. The highest BCUT2D eigenvalue weighted by molar-refractivity contribution is 5.94. The smallest absolute Gasteiger partial charge is 0.290 e. The van der Waals surface area contributed by atoms with Gasteiger partial charge in [0.1, 0.15) is 5.69 Å². The molecule has 0 aromatic carbocycles. The zero-order valence-corrected chi connectivity index (χ0v) is 12.7. The van der Waals surface area contributed by atoms with Crippen molar-refractivity contribution in [2.45, 2.75) is 24.6 Å². The third-order valence-electron chi connectivity index (χ3n) is 4.55. The number of hydrogen-bond donors (Lipinski definition) is 2. The second kappa shape index (κ2) is 6.04. The molecule has 0 bridgehead atoms. The summed E-state index contributed by atoms with van der Waals surface area (Å²) in [4.78, 5) is 53.7. The summed E-state index contributed by atoms with van der Waals surface area (Å²) in [6, 6.07) is -0.270. The number of aromatic amines is 1. The van der Waals surface area contributed by atoms with E-state index in [1.807, 2.05) is 0 Å². The van der Waals surface area contributed by atoms with Gasteiger partial charge in [-0.1, -0.05) is 0 Å². The zero-order valence-electron chi connectivity index (χ0n) is 12.7. The van der Waals surface area contributed by atoms with Crippen molar-refractivity contribution in [2.75, 3.05) is 19.7 Å². The van der Waals surface area contributed by atoms with Gasteiger partial charge < -0.3 is 24.6 Å². The summed E-state index contributed by atoms with van der Waals surface area (Å²) in [5, 5.41) is 6.89. The molecule has 3 aliphatic heterocycles. The normalized spacial score (nSPS) is 27.3. The van der Waals surface area contributed by atoms with Gasteiger partial charge in [0.05, 0.1) is 25.3 Å². The van der Waals surface area contributed by atoms with Gasteiger partial charge in [0.15, 0.2) is 5.72 Å². The lowest BCUT2D eigenvalue weighted by molar-refractivity contribution is -0.136. The molecule has 0 unspecified atom stereocenters. The van der Waals surface area contributed by atoms with Gasteiger partial charge in [-0.3, -0.25) is 19.2 Å². The van der Waals surface area contributed by atoms with Gasteiger partial charge in [-0.15, -0.1) is 0 Å². The average molecular weight is 336 g/mol. The molecule has 24 heavy (non-hydrogen) atoms. The summed E-state index contributed by atoms with van der Waals surface area (Å²) in [5.41, 5.74) is -0.823. The molecular weight excluding hydrogens is 320 g/mol. The van der Waals surface area contributed by atoms with Crippen molar-refractivity contribution in [1.29, 1.82) is 0 Å². The van der Waals surface area contributed by atoms with Crippen LogP contribution in [0, 0.1) is 0 Å². The second-order valence-corrected chi connectivity index (χ2v) is 5.61. The molecule has 3 fully saturated rings. The SMILES string of the molecule is O=C(c1c[nH]c(=O)cn1)N1CC[C@@]23OCCN2C(=O)C[C@@H]13.O=CO. The van der Waals surface area contributed by atoms with E-state index in [0.29, 0.717) is 26.1 Å². The number of H-pyrrole nitrogens is 1. The van der Waals surface area contributed by atoms with E-state index in [9.17, 15) is 14.4 Å². The van der Waals surface area contributed by atoms with Crippen LogP contribution in [-0.4, -0.2) is 74.6 Å². The second-order valence-electron chi connectivity index (χ2n) is 5.61. The van der Waals surface area contributed by atoms with E-state index in [0.717, 1.165) is 6.20 Å². The van der Waals surface area contributed by atoms with Gasteiger partial charge in [0.2, 0.25) is 5.91 Å². The third-order valence-corrected chi connectivity index (χ3v) is 4.55. The van der Waals surface area contributed by atoms with Gasteiger partial charge in [0.25, 0.3) is 17.9 Å². The van der Waals surface area contributed by atoms with E-state index in [1.165, 1.54) is 6.20 Å². The van der Waals surface area contributed by atoms with E-state index < -0.39 is 5.72 Å². The number of likely N-dealkylation sites (tertiary alicyclic amines) is 1. The quantitative estimate of drug-likeness (QED) is 0.605. The van der Waals surface area contributed by atoms with Gasteiger partial charge in [-0.05, 0) is 0 Å². The lowest BCUT2D eigenvalue weighted by Gasteiger charge is -2.31. The number of nitrogens with zero attached hydrogens (tertiary/aromatic N) is 3. The van der Waals surface area contributed by atoms with Gasteiger partial charge in [-0.2, -0.15) is 0 Å². The Morgan fingerprint density at radius 1 is 1.46 bits per heavy atom. The van der Waals surface area contributed by atoms with Crippen LogP contribution in [0.1, 0.15) is 23.3 Å². The number of hydrogen-bond acceptors (Lipinski definition) is 6. The number of carbonyl (C=O) groups excluding carboxylic acids is 2. The highest BCUT2D eigenvalue weighted by Gasteiger charge is 2.62. The summed E-state index contributed by atoms with van der Waals surface area (Å²) in [6.07, 6.45) is 3.30. The van der Waals surface area contributed by atoms with Gasteiger partial charge in [0, 0.05) is 25.7 Å². The van der Waals surface area contributed by atoms with Crippen LogP contribution in [0.25, 0.3) is 0 Å². The predicted molar refractivity (Wildman–Crippen MR) is 78.0 cm³/mol. The number of nitrogens with one attached hydrogen (secondary N) is 1. The van der Waals surface area contributed by atoms with Crippen molar-refractivity contribution in [3.05, 3.63) is 28.4 Å². The van der Waals surface area contributed by atoms with E-state index in [-0.39, 0.29) is 42.0 Å². The summed E-state index contributed by atoms with van der Waals surface area (Å²) in [7, 11) is 0. The van der Waals surface area contributed by atoms with Crippen LogP contribution in [0.15, 0.2) is 17.2 Å². The Bertz CT molecular complexity index is 714. The molecule has 3 saturated heterocycles. The maximum atomic E-state index is 12.5. The molecule has 1 aromatic rings. The summed E-state index contributed by atoms with van der Waals surface area (Å²) in [6.45, 7) is 1.38. The highest BCUT2D eigenvalue weighted by atomic mass is 16.5. The number of amides is 2. The molecule has 128 valence electrons. The molecule has 10 heteroatoms. The molecule has 4 heterocycles. The minimum Gasteiger partial charge on any atom is -0.483 e. The Kier molecular flexibility index (Phi) is 4.06. The molecule has 0 saturated carbocycles. The van der Waals surface area contributed by atoms with E-state index >= 15 is 0 Å². The summed E-state index contributed by atoms with van der Waals surface area (Å²) in [5.74, 6) is -0.247. The molecule has 1 spiro atoms. The number of ether oxygens (including phenoxy) is 1. The van der Waals surface area contributed by atoms with E-state index in [1.54, 1.807) is 9.80 Å². The van der Waals surface area contributed by atoms with Crippen molar-refractivity contribution in [3.63, 3.8) is 0 Å². The minimum atomic E-state index is -0.644. The number of carbonyl (C=O) groups is 3. The van der Waals surface area contributed by atoms with Crippen LogP contribution in [0.4, 0.5) is 0 Å². The van der Waals surface area contributed by atoms with Crippen LogP contribution in [0.3, 0.4) is 0 Å². The Labute approximate surface area is 136 Å². The first kappa shape index (κ1) is 16.1. The minimum absolute atomic E-state index is 0.0319. The third kappa shape index (κ3) is 2.35. The van der Waals surface area contributed by atoms with Crippen LogP contribution in [-0.2, 0) is 14.3 Å². The van der Waals surface area contributed by atoms with Gasteiger partial charge >= 0.3 is 0 Å². The Morgan fingerprint density at radius 2 is 2.21 bits per heavy atom. The zero-order chi connectivity index (χ0) is 17.3. The maximum absolute atomic E-state index is 12.5. The van der Waals surface area contributed by atoms with Crippen LogP contribution < -0.4 is 5.56 Å². The fourth-order valence-corrected chi connectivity index (χ4v) is 3.64. The number of rotatable bonds is 1. The first-order chi connectivity index (χ1) is 11.5. The largest absolute Gasteiger partial charge is 0.483 e. The molecule has 1 aromatic heterocycles. The number of carboxylic acid groups (broad SMARTS) is 1. The standard InChI is InChI=1S/C13H14N4O4.CH2O2/c18-10-7-14-8(6-15-10)12(20)16-2-1-13-9(16)5-11(19)17(13)3-4-21-13;2-1-3/h6-7,9H,1-5H2,(H,15,18);1H,(H,2,3)/t9-,13+;/m1./s1. The highest BCUT2D eigenvalue weighted by Crippen LogP contribution is 2.45. The van der Waals surface area contributed by atoms with Crippen LogP contribution >= 0.6 is 0 Å². The molecule has 10 nitrogen and oxygen atoms in total. The lowest BCUT2D eigenvalue weighted by Crippen LogP contribution is -2.48. The molecule has 0 aliphatic carbocycles. The predicted octanol–water partition coefficient (Wildman–Crippen LogP) is -1.36. The fourth-order valence-electron chi connectivity index (χ4n) is 3.64. The molecule has 2 atom stereocenters. The van der Waals surface area contributed by atoms with Gasteiger partial charge in [-0.25, -0.2) is 4.98 Å². The van der Waals surface area contributed by atoms with E-state index in [2.05, 4.69) is 9.97 Å². The lowest BCUT2D eigenvalue weighted by atomic mass is 10.1. The Morgan fingerprint density at radius 3 is 2.88 bits per heavy atom. The number of aromatic nitrogens is 2. The summed E-state index contributed by atoms with van der Waals surface area (Å²) < 4.78 is 5.83. The van der Waals surface area contributed by atoms with Crippen molar-refractivity contribution in [2.24, 2.45) is 0 Å². The van der Waals surface area contributed by atoms with Crippen molar-refractivity contribution in [1.82, 2.24) is 19.8 Å². The topological polar surface area (TPSA) is 133 Å². The van der Waals surface area contributed by atoms with Crippen molar-refractivity contribution in [3.8, 4) is 0 Å². The Balaban J connectivity index is 0.000000526. The molecule has 2 amide bonds. The molecule has 3 aliphatic rings. The fraction of sp³-hybridized carbons (Fsp3) is 0.500. The molecule has 4 rings (SSSR count). The van der Waals surface area contributed by atoms with E-state index in [4.69, 9.17) is 14.6 Å². The van der Waals surface area contributed by atoms with Crippen LogP contribution in [0.5, 0.6) is 0 Å². The Hall–Kier alpha value is -2.75. The molecule has 0 radical (unpaired) electrons. The first-order valence-corrected chi connectivity index (χ1v) is 7.41. The van der Waals surface area contributed by atoms with Crippen LogP contribution in [0.2, 0.25) is 0 Å². The van der Waals surface area contributed by atoms with Crippen molar-refractivity contribution >= 4 is 18.3 Å². The average Bonchev–Trinajstić information content (AvgIpc) is 3.20. The first-order valence-electron chi connectivity index (χ1n) is 7.41. The molecule has 2 N–H and O–H groups in total. The van der Waals surface area contributed by atoms with Crippen molar-refractivity contribution < 1.29 is 24.2 Å². The maximum Gasteiger partial charge on any atom is 0.290 e. The summed E-state index contributed by atoms with van der Waals surface area (Å²) >= 11 is 0.